The summed E-state index contributed by atoms with van der Waals surface area (Å²) >= 11 is 0. The van der Waals surface area contributed by atoms with Crippen LogP contribution in [0, 0.1) is 5.92 Å². The van der Waals surface area contributed by atoms with E-state index in [9.17, 15) is 9.90 Å². The van der Waals surface area contributed by atoms with Crippen LogP contribution >= 0.6 is 0 Å². The number of phenols is 1. The van der Waals surface area contributed by atoms with Crippen molar-refractivity contribution in [2.45, 2.75) is 38.5 Å². The second-order valence-corrected chi connectivity index (χ2v) is 10.7. The minimum absolute atomic E-state index is 0.00308. The van der Waals surface area contributed by atoms with Gasteiger partial charge in [0.05, 0.1) is 18.3 Å². The number of piperidine rings is 1. The lowest BCUT2D eigenvalue weighted by Gasteiger charge is -2.31. The maximum Gasteiger partial charge on any atom is 0.316 e. The third kappa shape index (κ3) is 5.22. The first-order valence-corrected chi connectivity index (χ1v) is 13.7. The molecular formula is C30H31N7O4. The number of phenolic OH excluding ortho intramolecular Hbond substituents is 1. The molecule has 1 saturated heterocycles. The summed E-state index contributed by atoms with van der Waals surface area (Å²) in [5, 5.41) is 23.0. The van der Waals surface area contributed by atoms with Gasteiger partial charge in [0.25, 0.3) is 0 Å². The van der Waals surface area contributed by atoms with E-state index in [1.165, 1.54) is 7.11 Å². The first kappa shape index (κ1) is 26.4. The fourth-order valence-electron chi connectivity index (χ4n) is 5.41. The summed E-state index contributed by atoms with van der Waals surface area (Å²) in [5.74, 6) is 0.793. The van der Waals surface area contributed by atoms with Gasteiger partial charge in [0.2, 0.25) is 5.95 Å². The van der Waals surface area contributed by atoms with Crippen molar-refractivity contribution in [1.82, 2.24) is 30.3 Å². The second-order valence-electron chi connectivity index (χ2n) is 10.7. The van der Waals surface area contributed by atoms with Crippen LogP contribution in [0.5, 0.6) is 5.75 Å². The summed E-state index contributed by atoms with van der Waals surface area (Å²) in [4.78, 5) is 27.1. The molecule has 0 saturated carbocycles. The van der Waals surface area contributed by atoms with Crippen LogP contribution in [0.3, 0.4) is 0 Å². The molecule has 11 heteroatoms. The van der Waals surface area contributed by atoms with Crippen molar-refractivity contribution < 1.29 is 19.2 Å². The summed E-state index contributed by atoms with van der Waals surface area (Å²) in [5.41, 5.74) is 5.42. The van der Waals surface area contributed by atoms with Crippen molar-refractivity contribution in [1.29, 1.82) is 0 Å². The van der Waals surface area contributed by atoms with Gasteiger partial charge >= 0.3 is 5.97 Å². The summed E-state index contributed by atoms with van der Waals surface area (Å²) in [6.45, 7) is 5.51. The molecule has 210 valence electrons. The van der Waals surface area contributed by atoms with E-state index in [0.29, 0.717) is 40.1 Å². The molecule has 11 nitrogen and oxygen atoms in total. The smallest absolute Gasteiger partial charge is 0.316 e. The predicted molar refractivity (Wildman–Crippen MR) is 152 cm³/mol. The van der Waals surface area contributed by atoms with Crippen LogP contribution in [0.15, 0.2) is 59.4 Å². The average Bonchev–Trinajstić information content (AvgIpc) is 3.65. The van der Waals surface area contributed by atoms with Gasteiger partial charge in [-0.1, -0.05) is 31.1 Å². The quantitative estimate of drug-likeness (QED) is 0.262. The number of carbonyl (C=O) groups is 1. The topological polar surface area (TPSA) is 143 Å². The van der Waals surface area contributed by atoms with Gasteiger partial charge in [0, 0.05) is 54.3 Å². The number of ether oxygens (including phenoxy) is 1. The number of anilines is 1. The van der Waals surface area contributed by atoms with Crippen molar-refractivity contribution >= 4 is 23.0 Å². The largest absolute Gasteiger partial charge is 0.507 e. The number of fused-ring (bicyclic) bond motifs is 1. The fraction of sp³-hybridized carbons (Fsp3) is 0.333. The number of hydrogen-bond donors (Lipinski definition) is 2. The van der Waals surface area contributed by atoms with Crippen LogP contribution < -0.4 is 4.90 Å². The van der Waals surface area contributed by atoms with Gasteiger partial charge in [0.1, 0.15) is 22.9 Å². The zero-order chi connectivity index (χ0) is 28.5. The molecule has 0 aliphatic carbocycles. The molecule has 0 radical (unpaired) electrons. The highest BCUT2D eigenvalue weighted by Gasteiger charge is 2.30. The first-order valence-electron chi connectivity index (χ1n) is 13.7. The number of nitrogens with zero attached hydrogens (tertiary/aromatic N) is 6. The zero-order valence-electron chi connectivity index (χ0n) is 23.1. The molecule has 0 spiro atoms. The number of hydrogen-bond acceptors (Lipinski definition) is 10. The number of aromatic nitrogens is 6. The Bertz CT molecular complexity index is 1670. The summed E-state index contributed by atoms with van der Waals surface area (Å²) in [6.07, 6.45) is 5.34. The van der Waals surface area contributed by atoms with Crippen molar-refractivity contribution in [2.75, 3.05) is 25.1 Å². The molecule has 2 N–H and O–H groups in total. The Morgan fingerprint density at radius 3 is 2.54 bits per heavy atom. The van der Waals surface area contributed by atoms with Crippen LogP contribution in [0.2, 0.25) is 0 Å². The zero-order valence-corrected chi connectivity index (χ0v) is 23.1. The van der Waals surface area contributed by atoms with Crippen LogP contribution in [-0.2, 0) is 9.53 Å². The van der Waals surface area contributed by atoms with Crippen molar-refractivity contribution in [3.05, 3.63) is 66.3 Å². The van der Waals surface area contributed by atoms with E-state index in [1.54, 1.807) is 30.6 Å². The molecule has 1 atom stereocenters. The maximum absolute atomic E-state index is 12.2. The Morgan fingerprint density at radius 2 is 1.83 bits per heavy atom. The predicted octanol–water partition coefficient (Wildman–Crippen LogP) is 5.07. The molecule has 4 aromatic heterocycles. The molecular weight excluding hydrogens is 522 g/mol. The Morgan fingerprint density at radius 1 is 1.07 bits per heavy atom. The van der Waals surface area contributed by atoms with Crippen LogP contribution in [-0.4, -0.2) is 61.6 Å². The van der Waals surface area contributed by atoms with E-state index in [1.807, 2.05) is 32.0 Å². The summed E-state index contributed by atoms with van der Waals surface area (Å²) in [7, 11) is 1.37. The lowest BCUT2D eigenvalue weighted by molar-refractivity contribution is -0.144. The van der Waals surface area contributed by atoms with E-state index in [-0.39, 0.29) is 17.6 Å². The Hall–Kier alpha value is -4.80. The molecule has 1 aromatic carbocycles. The number of methoxy groups -OCH3 is 1. The SMILES string of the molecule is COC(=O)C(c1cc(-c2cnc(N3CCC(c4cc5nnc(-c6ccccc6O)cc5[nH]4)CC3)nc2)no1)C(C)C. The number of benzene rings is 1. The number of H-pyrrole nitrogens is 1. The Labute approximate surface area is 236 Å². The normalized spacial score (nSPS) is 15.0. The molecule has 0 amide bonds. The fourth-order valence-corrected chi connectivity index (χ4v) is 5.41. The van der Waals surface area contributed by atoms with E-state index in [2.05, 4.69) is 41.3 Å². The van der Waals surface area contributed by atoms with Gasteiger partial charge in [-0.3, -0.25) is 4.79 Å². The van der Waals surface area contributed by atoms with Gasteiger partial charge in [-0.15, -0.1) is 10.2 Å². The molecule has 5 aromatic rings. The molecule has 1 aliphatic rings. The van der Waals surface area contributed by atoms with E-state index >= 15 is 0 Å². The van der Waals surface area contributed by atoms with Gasteiger partial charge in [-0.2, -0.15) is 0 Å². The minimum Gasteiger partial charge on any atom is -0.507 e. The van der Waals surface area contributed by atoms with Crippen molar-refractivity contribution in [2.24, 2.45) is 5.92 Å². The second kappa shape index (κ2) is 11.0. The number of nitrogens with one attached hydrogen (secondary N) is 1. The number of aromatic amines is 1. The van der Waals surface area contributed by atoms with Crippen molar-refractivity contribution in [3.8, 4) is 28.3 Å². The van der Waals surface area contributed by atoms with Gasteiger partial charge in [0.15, 0.2) is 5.76 Å². The number of carbonyl (C=O) groups excluding carboxylic acids is 1. The molecule has 1 fully saturated rings. The highest BCUT2D eigenvalue weighted by molar-refractivity contribution is 5.81. The van der Waals surface area contributed by atoms with E-state index in [4.69, 9.17) is 9.26 Å². The van der Waals surface area contributed by atoms with Crippen LogP contribution in [0.25, 0.3) is 33.5 Å². The number of rotatable bonds is 7. The van der Waals surface area contributed by atoms with Gasteiger partial charge in [-0.25, -0.2) is 9.97 Å². The van der Waals surface area contributed by atoms with Gasteiger partial charge in [-0.05, 0) is 43.0 Å². The maximum atomic E-state index is 12.2. The standard InChI is InChI=1S/C30H31N7O4/c1-17(2)28(29(39)40-3)27-14-22(36-41-27)19-15-31-30(32-16-19)37-10-8-18(9-11-37)21-12-25-24(33-21)13-23(34-35-25)20-6-4-5-7-26(20)38/h4-7,12-18,28,33,38H,8-11H2,1-3H3. The highest BCUT2D eigenvalue weighted by atomic mass is 16.5. The Kier molecular flexibility index (Phi) is 7.08. The molecule has 1 unspecified atom stereocenters. The molecule has 5 heterocycles. The Balaban J connectivity index is 1.11. The minimum atomic E-state index is -0.522. The van der Waals surface area contributed by atoms with Crippen LogP contribution in [0.1, 0.15) is 50.0 Å². The third-order valence-electron chi connectivity index (χ3n) is 7.68. The molecule has 1 aliphatic heterocycles. The molecule has 6 rings (SSSR count). The van der Waals surface area contributed by atoms with Crippen molar-refractivity contribution in [3.63, 3.8) is 0 Å². The van der Waals surface area contributed by atoms with E-state index < -0.39 is 5.92 Å². The first-order chi connectivity index (χ1) is 19.9. The average molecular weight is 554 g/mol. The van der Waals surface area contributed by atoms with Gasteiger partial charge < -0.3 is 24.3 Å². The lowest BCUT2D eigenvalue weighted by atomic mass is 9.93. The molecule has 0 bridgehead atoms. The highest BCUT2D eigenvalue weighted by Crippen LogP contribution is 2.33. The third-order valence-corrected chi connectivity index (χ3v) is 7.68. The summed E-state index contributed by atoms with van der Waals surface area (Å²) < 4.78 is 10.4. The lowest BCUT2D eigenvalue weighted by Crippen LogP contribution is -2.34. The summed E-state index contributed by atoms with van der Waals surface area (Å²) in [6, 6.07) is 12.9. The monoisotopic (exact) mass is 553 g/mol. The number of esters is 1. The van der Waals surface area contributed by atoms with Crippen LogP contribution in [0.4, 0.5) is 5.95 Å². The number of para-hydroxylation sites is 1. The molecule has 41 heavy (non-hydrogen) atoms. The number of aromatic hydroxyl groups is 1. The van der Waals surface area contributed by atoms with E-state index in [0.717, 1.165) is 42.7 Å².